The summed E-state index contributed by atoms with van der Waals surface area (Å²) in [5.74, 6) is -2.21. The number of amides is 2. The quantitative estimate of drug-likeness (QED) is 0.663. The van der Waals surface area contributed by atoms with E-state index in [1.165, 1.54) is 24.3 Å². The Morgan fingerprint density at radius 1 is 1.06 bits per heavy atom. The van der Waals surface area contributed by atoms with Crippen LogP contribution in [0, 0.1) is 34.9 Å². The summed E-state index contributed by atoms with van der Waals surface area (Å²) in [7, 11) is 0. The van der Waals surface area contributed by atoms with Crippen LogP contribution in [0.25, 0.3) is 0 Å². The molecule has 0 radical (unpaired) electrons. The van der Waals surface area contributed by atoms with E-state index in [1.54, 1.807) is 21.9 Å². The Bertz CT molecular complexity index is 1170. The van der Waals surface area contributed by atoms with Crippen molar-refractivity contribution in [2.75, 3.05) is 31.1 Å². The molecule has 2 saturated heterocycles. The first-order valence-electron chi connectivity index (χ1n) is 11.3. The minimum atomic E-state index is -4.68. The van der Waals surface area contributed by atoms with Crippen LogP contribution in [0.4, 0.5) is 23.2 Å². The van der Waals surface area contributed by atoms with Gasteiger partial charge in [-0.1, -0.05) is 12.1 Å². The van der Waals surface area contributed by atoms with Crippen LogP contribution < -0.4 is 10.6 Å². The first-order valence-corrected chi connectivity index (χ1v) is 11.3. The number of nitriles is 1. The highest BCUT2D eigenvalue weighted by Crippen LogP contribution is 2.40. The maximum atomic E-state index is 14.0. The van der Waals surface area contributed by atoms with Crippen LogP contribution in [0.15, 0.2) is 42.5 Å². The number of likely N-dealkylation sites (tertiary alicyclic amines) is 1. The Kier molecular flexibility index (Phi) is 6.70. The molecule has 2 heterocycles. The molecule has 184 valence electrons. The van der Waals surface area contributed by atoms with E-state index in [1.807, 2.05) is 0 Å². The van der Waals surface area contributed by atoms with Gasteiger partial charge in [-0.3, -0.25) is 9.59 Å². The molecule has 0 spiro atoms. The highest BCUT2D eigenvalue weighted by molar-refractivity contribution is 5.94. The molecule has 10 heteroatoms. The number of anilines is 1. The Morgan fingerprint density at radius 2 is 1.74 bits per heavy atom. The van der Waals surface area contributed by atoms with Gasteiger partial charge in [0.15, 0.2) is 0 Å². The largest absolute Gasteiger partial charge is 0.417 e. The van der Waals surface area contributed by atoms with E-state index in [4.69, 9.17) is 11.0 Å². The predicted octanol–water partition coefficient (Wildman–Crippen LogP) is 3.81. The first kappa shape index (κ1) is 24.5. The van der Waals surface area contributed by atoms with Gasteiger partial charge >= 0.3 is 6.18 Å². The van der Waals surface area contributed by atoms with Gasteiger partial charge in [0.05, 0.1) is 28.7 Å². The van der Waals surface area contributed by atoms with E-state index < -0.39 is 40.9 Å². The fourth-order valence-corrected chi connectivity index (χ4v) is 5.22. The van der Waals surface area contributed by atoms with Crippen molar-refractivity contribution >= 4 is 17.5 Å². The average Bonchev–Trinajstić information content (AvgIpc) is 3.29. The summed E-state index contributed by atoms with van der Waals surface area (Å²) in [6, 6.07) is 10.9. The lowest BCUT2D eigenvalue weighted by Gasteiger charge is -2.36. The van der Waals surface area contributed by atoms with E-state index >= 15 is 0 Å². The number of hydrogen-bond acceptors (Lipinski definition) is 4. The molecule has 6 nitrogen and oxygen atoms in total. The Morgan fingerprint density at radius 3 is 2.34 bits per heavy atom. The number of hydrogen-bond donors (Lipinski definition) is 1. The zero-order valence-corrected chi connectivity index (χ0v) is 18.8. The summed E-state index contributed by atoms with van der Waals surface area (Å²) < 4.78 is 54.3. The Labute approximate surface area is 199 Å². The summed E-state index contributed by atoms with van der Waals surface area (Å²) in [6.45, 7) is 1.28. The summed E-state index contributed by atoms with van der Waals surface area (Å²) in [5.41, 5.74) is 4.46. The zero-order chi connectivity index (χ0) is 25.3. The number of carbonyl (C=O) groups excluding carboxylic acids is 2. The Hall–Kier alpha value is -3.61. The highest BCUT2D eigenvalue weighted by atomic mass is 19.4. The van der Waals surface area contributed by atoms with Crippen molar-refractivity contribution in [3.05, 3.63) is 65.0 Å². The predicted molar refractivity (Wildman–Crippen MR) is 120 cm³/mol. The number of alkyl halides is 3. The molecular formula is C25H24F4N4O2. The molecule has 0 aliphatic carbocycles. The fraction of sp³-hybridized carbons (Fsp3) is 0.400. The van der Waals surface area contributed by atoms with Gasteiger partial charge in [0.1, 0.15) is 5.82 Å². The highest BCUT2D eigenvalue weighted by Gasteiger charge is 2.43. The molecule has 0 aromatic heterocycles. The van der Waals surface area contributed by atoms with Crippen molar-refractivity contribution in [3.63, 3.8) is 0 Å². The second kappa shape index (κ2) is 9.56. The summed E-state index contributed by atoms with van der Waals surface area (Å²) in [5, 5.41) is 9.04. The minimum absolute atomic E-state index is 0.00860. The number of primary amides is 1. The molecule has 35 heavy (non-hydrogen) atoms. The standard InChI is InChI=1S/C25H24F4N4O2/c26-22-4-2-1-3-18(22)24(35)32-9-7-15(8-10-32)19-13-33(14-20(19)23(31)34)17-6-5-16(12-30)21(11-17)25(27,28)29/h1-6,11,15,19-20H,7-10,13-14H2,(H2,31,34)/t19-,20+/m0/s1. The van der Waals surface area contributed by atoms with E-state index in [2.05, 4.69) is 0 Å². The average molecular weight is 488 g/mol. The molecule has 2 fully saturated rings. The van der Waals surface area contributed by atoms with Crippen LogP contribution in [0.3, 0.4) is 0 Å². The third kappa shape index (κ3) is 4.94. The van der Waals surface area contributed by atoms with E-state index in [0.717, 1.165) is 12.1 Å². The smallest absolute Gasteiger partial charge is 0.370 e. The molecule has 2 atom stereocenters. The molecule has 2 amide bonds. The molecule has 2 aliphatic heterocycles. The number of halogens is 4. The number of benzene rings is 2. The SMILES string of the molecule is N#Cc1ccc(N2C[C@@H](C(N)=O)[C@H](C3CCN(C(=O)c4ccccc4F)CC3)C2)cc1C(F)(F)F. The number of piperidine rings is 1. The van der Waals surface area contributed by atoms with Crippen molar-refractivity contribution in [3.8, 4) is 6.07 Å². The van der Waals surface area contributed by atoms with Crippen LogP contribution in [0.1, 0.15) is 34.3 Å². The summed E-state index contributed by atoms with van der Waals surface area (Å²) in [4.78, 5) is 28.2. The van der Waals surface area contributed by atoms with Crippen molar-refractivity contribution in [1.29, 1.82) is 5.26 Å². The van der Waals surface area contributed by atoms with Gasteiger partial charge in [0.2, 0.25) is 5.91 Å². The minimum Gasteiger partial charge on any atom is -0.370 e. The van der Waals surface area contributed by atoms with Gasteiger partial charge in [0.25, 0.3) is 5.91 Å². The second-order valence-electron chi connectivity index (χ2n) is 9.03. The van der Waals surface area contributed by atoms with E-state index in [-0.39, 0.29) is 29.6 Å². The molecule has 0 unspecified atom stereocenters. The molecule has 0 bridgehead atoms. The maximum Gasteiger partial charge on any atom is 0.417 e. The van der Waals surface area contributed by atoms with Gasteiger partial charge in [-0.2, -0.15) is 18.4 Å². The molecule has 2 N–H and O–H groups in total. The fourth-order valence-electron chi connectivity index (χ4n) is 5.22. The van der Waals surface area contributed by atoms with Crippen LogP contribution in [0.2, 0.25) is 0 Å². The van der Waals surface area contributed by atoms with Crippen molar-refractivity contribution in [1.82, 2.24) is 4.90 Å². The summed E-state index contributed by atoms with van der Waals surface area (Å²) >= 11 is 0. The maximum absolute atomic E-state index is 14.0. The van der Waals surface area contributed by atoms with Crippen LogP contribution in [-0.2, 0) is 11.0 Å². The van der Waals surface area contributed by atoms with Gasteiger partial charge in [-0.15, -0.1) is 0 Å². The van der Waals surface area contributed by atoms with Gasteiger partial charge < -0.3 is 15.5 Å². The molecule has 2 aromatic carbocycles. The number of carbonyl (C=O) groups is 2. The lowest BCUT2D eigenvalue weighted by Crippen LogP contribution is -2.42. The molecule has 4 rings (SSSR count). The number of nitrogens with zero attached hydrogens (tertiary/aromatic N) is 3. The first-order chi connectivity index (χ1) is 16.6. The van der Waals surface area contributed by atoms with Crippen LogP contribution in [0.5, 0.6) is 0 Å². The van der Waals surface area contributed by atoms with Crippen LogP contribution in [-0.4, -0.2) is 42.9 Å². The third-order valence-corrected chi connectivity index (χ3v) is 7.06. The molecule has 2 aromatic rings. The number of nitrogens with two attached hydrogens (primary N) is 1. The van der Waals surface area contributed by atoms with Gasteiger partial charge in [-0.05, 0) is 55.0 Å². The van der Waals surface area contributed by atoms with E-state index in [9.17, 15) is 27.2 Å². The Balaban J connectivity index is 1.48. The van der Waals surface area contributed by atoms with Gasteiger partial charge in [-0.25, -0.2) is 4.39 Å². The topological polar surface area (TPSA) is 90.4 Å². The third-order valence-electron chi connectivity index (χ3n) is 7.06. The van der Waals surface area contributed by atoms with Crippen molar-refractivity contribution in [2.45, 2.75) is 19.0 Å². The van der Waals surface area contributed by atoms with Crippen molar-refractivity contribution < 1.29 is 27.2 Å². The lowest BCUT2D eigenvalue weighted by molar-refractivity contribution is -0.137. The monoisotopic (exact) mass is 488 g/mol. The molecular weight excluding hydrogens is 464 g/mol. The zero-order valence-electron chi connectivity index (χ0n) is 18.8. The van der Waals surface area contributed by atoms with Crippen molar-refractivity contribution in [2.24, 2.45) is 23.5 Å². The van der Waals surface area contributed by atoms with Gasteiger partial charge in [0, 0.05) is 31.9 Å². The summed E-state index contributed by atoms with van der Waals surface area (Å²) in [6.07, 6.45) is -3.53. The van der Waals surface area contributed by atoms with Crippen LogP contribution >= 0.6 is 0 Å². The molecule has 0 saturated carbocycles. The lowest BCUT2D eigenvalue weighted by atomic mass is 9.78. The van der Waals surface area contributed by atoms with E-state index in [0.29, 0.717) is 32.5 Å². The molecule has 2 aliphatic rings. The number of rotatable bonds is 4. The second-order valence-corrected chi connectivity index (χ2v) is 9.03. The normalized spacial score (nSPS) is 21.1.